The van der Waals surface area contributed by atoms with Crippen molar-refractivity contribution in [1.82, 2.24) is 4.90 Å². The zero-order chi connectivity index (χ0) is 16.7. The van der Waals surface area contributed by atoms with Crippen LogP contribution in [-0.2, 0) is 0 Å². The first-order chi connectivity index (χ1) is 11.1. The maximum absolute atomic E-state index is 13.4. The van der Waals surface area contributed by atoms with Crippen LogP contribution in [-0.4, -0.2) is 43.9 Å². The monoisotopic (exact) mass is 319 g/mol. The summed E-state index contributed by atoms with van der Waals surface area (Å²) < 4.78 is 24.0. The number of ether oxygens (including phenoxy) is 2. The summed E-state index contributed by atoms with van der Waals surface area (Å²) in [5.41, 5.74) is 0.797. The van der Waals surface area contributed by atoms with E-state index in [1.807, 2.05) is 36.2 Å². The van der Waals surface area contributed by atoms with E-state index in [2.05, 4.69) is 0 Å². The zero-order valence-corrected chi connectivity index (χ0v) is 13.4. The number of methoxy groups -OCH3 is 1. The Morgan fingerprint density at radius 1 is 1.17 bits per heavy atom. The van der Waals surface area contributed by atoms with E-state index in [0.29, 0.717) is 25.4 Å². The summed E-state index contributed by atoms with van der Waals surface area (Å²) in [4.78, 5) is 1.94. The van der Waals surface area contributed by atoms with Gasteiger partial charge in [-0.25, -0.2) is 4.39 Å². The average Bonchev–Trinajstić information content (AvgIpc) is 2.56. The topological polar surface area (TPSA) is 41.9 Å². The maximum Gasteiger partial charge on any atom is 0.165 e. The van der Waals surface area contributed by atoms with Crippen LogP contribution in [0.1, 0.15) is 11.7 Å². The van der Waals surface area contributed by atoms with E-state index in [0.717, 1.165) is 5.56 Å². The van der Waals surface area contributed by atoms with Crippen molar-refractivity contribution in [3.8, 4) is 11.5 Å². The lowest BCUT2D eigenvalue weighted by molar-refractivity contribution is 0.117. The fourth-order valence-electron chi connectivity index (χ4n) is 2.21. The van der Waals surface area contributed by atoms with Crippen molar-refractivity contribution in [2.45, 2.75) is 6.10 Å². The highest BCUT2D eigenvalue weighted by atomic mass is 19.1. The van der Waals surface area contributed by atoms with Gasteiger partial charge in [0.2, 0.25) is 0 Å². The molecule has 1 atom stereocenters. The number of hydrogen-bond acceptors (Lipinski definition) is 4. The number of aliphatic hydroxyl groups is 1. The summed E-state index contributed by atoms with van der Waals surface area (Å²) in [7, 11) is 3.48. The van der Waals surface area contributed by atoms with E-state index in [1.54, 1.807) is 25.3 Å². The van der Waals surface area contributed by atoms with Crippen LogP contribution in [0.5, 0.6) is 11.5 Å². The molecule has 1 N–H and O–H groups in total. The highest BCUT2D eigenvalue weighted by Gasteiger charge is 2.12. The average molecular weight is 319 g/mol. The molecule has 2 aromatic carbocycles. The number of para-hydroxylation sites is 1. The second-order valence-corrected chi connectivity index (χ2v) is 5.33. The summed E-state index contributed by atoms with van der Waals surface area (Å²) in [6.07, 6.45) is -0.622. The lowest BCUT2D eigenvalue weighted by atomic mass is 10.1. The first-order valence-corrected chi connectivity index (χ1v) is 7.48. The zero-order valence-electron chi connectivity index (χ0n) is 13.4. The highest BCUT2D eigenvalue weighted by Crippen LogP contribution is 2.20. The Hall–Kier alpha value is -2.11. The van der Waals surface area contributed by atoms with E-state index in [1.165, 1.54) is 6.07 Å². The summed E-state index contributed by atoms with van der Waals surface area (Å²) >= 11 is 0. The Morgan fingerprint density at radius 3 is 2.70 bits per heavy atom. The van der Waals surface area contributed by atoms with Crippen LogP contribution in [0.15, 0.2) is 48.5 Å². The van der Waals surface area contributed by atoms with Gasteiger partial charge in [-0.3, -0.25) is 0 Å². The van der Waals surface area contributed by atoms with E-state index < -0.39 is 6.10 Å². The van der Waals surface area contributed by atoms with Crippen molar-refractivity contribution in [3.63, 3.8) is 0 Å². The Labute approximate surface area is 136 Å². The molecule has 0 saturated carbocycles. The molecule has 0 aliphatic heterocycles. The summed E-state index contributed by atoms with van der Waals surface area (Å²) in [5, 5.41) is 10.3. The predicted molar refractivity (Wildman–Crippen MR) is 87.3 cm³/mol. The van der Waals surface area contributed by atoms with Gasteiger partial charge in [0.05, 0.1) is 13.2 Å². The highest BCUT2D eigenvalue weighted by molar-refractivity contribution is 5.30. The van der Waals surface area contributed by atoms with Crippen molar-refractivity contribution in [3.05, 3.63) is 59.9 Å². The Bertz CT molecular complexity index is 621. The molecule has 4 nitrogen and oxygen atoms in total. The third-order valence-electron chi connectivity index (χ3n) is 3.53. The van der Waals surface area contributed by atoms with Gasteiger partial charge in [-0.1, -0.05) is 24.3 Å². The van der Waals surface area contributed by atoms with Crippen LogP contribution in [0, 0.1) is 5.82 Å². The summed E-state index contributed by atoms with van der Waals surface area (Å²) in [6, 6.07) is 13.7. The maximum atomic E-state index is 13.4. The van der Waals surface area contributed by atoms with Gasteiger partial charge in [-0.2, -0.15) is 0 Å². The molecule has 2 aromatic rings. The number of halogens is 1. The Morgan fingerprint density at radius 2 is 1.96 bits per heavy atom. The SMILES string of the molecule is COc1cccc(C(O)CN(C)CCOc2ccccc2F)c1. The first kappa shape index (κ1) is 17.2. The fourth-order valence-corrected chi connectivity index (χ4v) is 2.21. The van der Waals surface area contributed by atoms with E-state index in [4.69, 9.17) is 9.47 Å². The van der Waals surface area contributed by atoms with Crippen molar-refractivity contribution < 1.29 is 19.0 Å². The number of benzene rings is 2. The van der Waals surface area contributed by atoms with Gasteiger partial charge in [0.1, 0.15) is 12.4 Å². The number of likely N-dealkylation sites (N-methyl/N-ethyl adjacent to an activating group) is 1. The fraction of sp³-hybridized carbons (Fsp3) is 0.333. The molecule has 0 fully saturated rings. The van der Waals surface area contributed by atoms with Crippen LogP contribution in [0.4, 0.5) is 4.39 Å². The first-order valence-electron chi connectivity index (χ1n) is 7.48. The lowest BCUT2D eigenvalue weighted by Crippen LogP contribution is -2.29. The van der Waals surface area contributed by atoms with E-state index >= 15 is 0 Å². The molecule has 0 spiro atoms. The third kappa shape index (κ3) is 5.23. The molecule has 0 aliphatic rings. The number of aliphatic hydroxyl groups excluding tert-OH is 1. The number of nitrogens with zero attached hydrogens (tertiary/aromatic N) is 1. The van der Waals surface area contributed by atoms with Crippen molar-refractivity contribution >= 4 is 0 Å². The molecular weight excluding hydrogens is 297 g/mol. The minimum atomic E-state index is -0.622. The molecule has 5 heteroatoms. The van der Waals surface area contributed by atoms with Gasteiger partial charge in [0.25, 0.3) is 0 Å². The van der Waals surface area contributed by atoms with Crippen LogP contribution in [0.3, 0.4) is 0 Å². The van der Waals surface area contributed by atoms with Crippen molar-refractivity contribution in [2.75, 3.05) is 33.9 Å². The molecule has 1 unspecified atom stereocenters. The number of rotatable bonds is 8. The van der Waals surface area contributed by atoms with E-state index in [-0.39, 0.29) is 11.6 Å². The van der Waals surface area contributed by atoms with Crippen LogP contribution < -0.4 is 9.47 Å². The Kier molecular flexibility index (Phi) is 6.38. The van der Waals surface area contributed by atoms with Crippen molar-refractivity contribution in [2.24, 2.45) is 0 Å². The largest absolute Gasteiger partial charge is 0.497 e. The molecule has 2 rings (SSSR count). The molecule has 0 aromatic heterocycles. The predicted octanol–water partition coefficient (Wildman–Crippen LogP) is 2.88. The molecule has 0 amide bonds. The van der Waals surface area contributed by atoms with Gasteiger partial charge >= 0.3 is 0 Å². The summed E-state index contributed by atoms with van der Waals surface area (Å²) in [6.45, 7) is 1.38. The smallest absolute Gasteiger partial charge is 0.165 e. The molecular formula is C18H22FNO3. The second-order valence-electron chi connectivity index (χ2n) is 5.33. The van der Waals surface area contributed by atoms with Crippen LogP contribution in [0.25, 0.3) is 0 Å². The minimum absolute atomic E-state index is 0.245. The quantitative estimate of drug-likeness (QED) is 0.812. The number of hydrogen-bond donors (Lipinski definition) is 1. The van der Waals surface area contributed by atoms with Crippen LogP contribution >= 0.6 is 0 Å². The molecule has 124 valence electrons. The van der Waals surface area contributed by atoms with E-state index in [9.17, 15) is 9.50 Å². The molecule has 23 heavy (non-hydrogen) atoms. The molecule has 0 aliphatic carbocycles. The van der Waals surface area contributed by atoms with Gasteiger partial charge in [0.15, 0.2) is 11.6 Å². The normalized spacial score (nSPS) is 12.2. The van der Waals surface area contributed by atoms with Gasteiger partial charge in [0, 0.05) is 13.1 Å². The van der Waals surface area contributed by atoms with Gasteiger partial charge in [-0.05, 0) is 36.9 Å². The lowest BCUT2D eigenvalue weighted by Gasteiger charge is -2.21. The van der Waals surface area contributed by atoms with Crippen LogP contribution in [0.2, 0.25) is 0 Å². The van der Waals surface area contributed by atoms with Crippen molar-refractivity contribution in [1.29, 1.82) is 0 Å². The third-order valence-corrected chi connectivity index (χ3v) is 3.53. The molecule has 0 saturated heterocycles. The Balaban J connectivity index is 1.79. The summed E-state index contributed by atoms with van der Waals surface area (Å²) in [5.74, 6) is 0.591. The molecule has 0 heterocycles. The molecule has 0 radical (unpaired) electrons. The standard InChI is InChI=1S/C18H22FNO3/c1-20(10-11-23-18-9-4-3-8-16(18)19)13-17(21)14-6-5-7-15(12-14)22-2/h3-9,12,17,21H,10-11,13H2,1-2H3. The van der Waals surface area contributed by atoms with Gasteiger partial charge < -0.3 is 19.5 Å². The van der Waals surface area contributed by atoms with Gasteiger partial charge in [-0.15, -0.1) is 0 Å². The minimum Gasteiger partial charge on any atom is -0.497 e. The molecule has 0 bridgehead atoms. The second kappa shape index (κ2) is 8.50.